The zero-order valence-corrected chi connectivity index (χ0v) is 25.0. The summed E-state index contributed by atoms with van der Waals surface area (Å²) in [7, 11) is 0. The maximum atomic E-state index is 14.0. The number of amides is 3. The average molecular weight is 570 g/mol. The van der Waals surface area contributed by atoms with Crippen LogP contribution in [0.4, 0.5) is 4.79 Å². The Morgan fingerprint density at radius 2 is 1.54 bits per heavy atom. The summed E-state index contributed by atoms with van der Waals surface area (Å²) in [5.74, 6) is -1.88. The number of alkyl carbamates (subject to hydrolysis) is 1. The van der Waals surface area contributed by atoms with Crippen molar-refractivity contribution in [2.45, 2.75) is 78.2 Å². The molecule has 10 nitrogen and oxygen atoms in total. The SMILES string of the molecule is Cc1cccc(C(C(=O)NC(Cc2ccccc2)C(=O)OC(C)(C)C)N(CCO)C(=O)CNC(=O)OC(C)(C)C)c1. The highest BCUT2D eigenvalue weighted by Crippen LogP contribution is 2.23. The van der Waals surface area contributed by atoms with E-state index >= 15 is 0 Å². The number of rotatable bonds is 11. The lowest BCUT2D eigenvalue weighted by Crippen LogP contribution is -2.52. The van der Waals surface area contributed by atoms with Crippen molar-refractivity contribution in [3.63, 3.8) is 0 Å². The Bertz CT molecular complexity index is 1190. The first-order chi connectivity index (χ1) is 19.1. The zero-order chi connectivity index (χ0) is 30.8. The standard InChI is InChI=1S/C31H43N3O7/c1-21-12-11-15-23(18-21)26(34(16-17-35)25(36)20-32-29(39)41-31(5,6)7)27(37)33-24(28(38)40-30(2,3)4)19-22-13-9-8-10-14-22/h8-15,18,24,26,35H,16-17,19-20H2,1-7H3,(H,32,39)(H,33,37). The van der Waals surface area contributed by atoms with Crippen LogP contribution in [-0.4, -0.2) is 70.8 Å². The summed E-state index contributed by atoms with van der Waals surface area (Å²) in [5.41, 5.74) is 0.567. The van der Waals surface area contributed by atoms with Crippen LogP contribution in [0.1, 0.15) is 64.3 Å². The van der Waals surface area contributed by atoms with E-state index in [9.17, 15) is 24.3 Å². The first-order valence-corrected chi connectivity index (χ1v) is 13.6. The number of esters is 1. The third kappa shape index (κ3) is 11.6. The van der Waals surface area contributed by atoms with Gasteiger partial charge in [-0.05, 0) is 59.6 Å². The summed E-state index contributed by atoms with van der Waals surface area (Å²) in [4.78, 5) is 53.9. The summed E-state index contributed by atoms with van der Waals surface area (Å²) in [5, 5.41) is 15.0. The Morgan fingerprint density at radius 1 is 0.902 bits per heavy atom. The van der Waals surface area contributed by atoms with Crippen LogP contribution in [0.25, 0.3) is 0 Å². The number of aliphatic hydroxyl groups excluding tert-OH is 1. The van der Waals surface area contributed by atoms with Crippen molar-refractivity contribution in [1.29, 1.82) is 0 Å². The van der Waals surface area contributed by atoms with Gasteiger partial charge in [-0.15, -0.1) is 0 Å². The van der Waals surface area contributed by atoms with Gasteiger partial charge in [-0.2, -0.15) is 0 Å². The van der Waals surface area contributed by atoms with Gasteiger partial charge in [0.25, 0.3) is 0 Å². The Labute approximate surface area is 242 Å². The van der Waals surface area contributed by atoms with Crippen LogP contribution in [0.5, 0.6) is 0 Å². The molecule has 0 aliphatic heterocycles. The molecule has 0 radical (unpaired) electrons. The van der Waals surface area contributed by atoms with Gasteiger partial charge in [0.1, 0.15) is 29.8 Å². The molecule has 0 aliphatic carbocycles. The Kier molecular flexibility index (Phi) is 11.9. The number of benzene rings is 2. The molecule has 0 fully saturated rings. The second-order valence-corrected chi connectivity index (χ2v) is 11.8. The van der Waals surface area contributed by atoms with Crippen LogP contribution >= 0.6 is 0 Å². The summed E-state index contributed by atoms with van der Waals surface area (Å²) in [6, 6.07) is 14.0. The number of ether oxygens (including phenoxy) is 2. The van der Waals surface area contributed by atoms with E-state index in [1.165, 1.54) is 4.90 Å². The smallest absolute Gasteiger partial charge is 0.408 e. The van der Waals surface area contributed by atoms with Gasteiger partial charge in [-0.25, -0.2) is 9.59 Å². The van der Waals surface area contributed by atoms with E-state index in [4.69, 9.17) is 9.47 Å². The Hall–Kier alpha value is -3.92. The van der Waals surface area contributed by atoms with Crippen molar-refractivity contribution in [3.05, 3.63) is 71.3 Å². The molecule has 3 amide bonds. The maximum Gasteiger partial charge on any atom is 0.408 e. The Morgan fingerprint density at radius 3 is 2.10 bits per heavy atom. The lowest BCUT2D eigenvalue weighted by atomic mass is 10.00. The molecule has 0 aliphatic rings. The largest absolute Gasteiger partial charge is 0.458 e. The predicted octanol–water partition coefficient (Wildman–Crippen LogP) is 3.45. The molecule has 0 saturated heterocycles. The molecule has 2 rings (SSSR count). The first kappa shape index (κ1) is 33.3. The van der Waals surface area contributed by atoms with E-state index < -0.39 is 60.3 Å². The van der Waals surface area contributed by atoms with Crippen molar-refractivity contribution >= 4 is 23.9 Å². The molecule has 0 saturated carbocycles. The quantitative estimate of drug-likeness (QED) is 0.353. The lowest BCUT2D eigenvalue weighted by Gasteiger charge is -2.33. The van der Waals surface area contributed by atoms with Crippen molar-refractivity contribution < 1.29 is 33.8 Å². The van der Waals surface area contributed by atoms with Crippen LogP contribution in [0.3, 0.4) is 0 Å². The highest BCUT2D eigenvalue weighted by molar-refractivity contribution is 5.93. The molecule has 0 heterocycles. The second-order valence-electron chi connectivity index (χ2n) is 11.8. The van der Waals surface area contributed by atoms with Crippen LogP contribution in [0, 0.1) is 6.92 Å². The van der Waals surface area contributed by atoms with E-state index in [1.54, 1.807) is 59.7 Å². The third-order valence-electron chi connectivity index (χ3n) is 5.65. The maximum absolute atomic E-state index is 14.0. The first-order valence-electron chi connectivity index (χ1n) is 13.6. The minimum absolute atomic E-state index is 0.163. The number of hydrogen-bond acceptors (Lipinski definition) is 7. The fourth-order valence-electron chi connectivity index (χ4n) is 4.05. The van der Waals surface area contributed by atoms with Gasteiger partial charge >= 0.3 is 12.1 Å². The van der Waals surface area contributed by atoms with Gasteiger partial charge in [-0.3, -0.25) is 9.59 Å². The Balaban J connectivity index is 2.42. The monoisotopic (exact) mass is 569 g/mol. The highest BCUT2D eigenvalue weighted by Gasteiger charge is 2.35. The van der Waals surface area contributed by atoms with Gasteiger partial charge in [-0.1, -0.05) is 60.2 Å². The molecule has 224 valence electrons. The molecule has 3 N–H and O–H groups in total. The van der Waals surface area contributed by atoms with E-state index in [1.807, 2.05) is 43.3 Å². The minimum Gasteiger partial charge on any atom is -0.458 e. The number of nitrogens with one attached hydrogen (secondary N) is 2. The summed E-state index contributed by atoms with van der Waals surface area (Å²) >= 11 is 0. The fraction of sp³-hybridized carbons (Fsp3) is 0.484. The number of aliphatic hydroxyl groups is 1. The molecule has 0 spiro atoms. The number of carbonyl (C=O) groups is 4. The van der Waals surface area contributed by atoms with Gasteiger partial charge in [0.05, 0.1) is 6.61 Å². The second kappa shape index (κ2) is 14.6. The molecule has 41 heavy (non-hydrogen) atoms. The molecule has 0 aromatic heterocycles. The van der Waals surface area contributed by atoms with Crippen molar-refractivity contribution in [2.75, 3.05) is 19.7 Å². The van der Waals surface area contributed by atoms with E-state index in [0.717, 1.165) is 11.1 Å². The summed E-state index contributed by atoms with van der Waals surface area (Å²) in [6.45, 7) is 11.0. The molecular formula is C31H43N3O7. The molecular weight excluding hydrogens is 526 g/mol. The number of nitrogens with zero attached hydrogens (tertiary/aromatic N) is 1. The minimum atomic E-state index is -1.21. The topological polar surface area (TPSA) is 134 Å². The third-order valence-corrected chi connectivity index (χ3v) is 5.65. The molecule has 10 heteroatoms. The molecule has 2 atom stereocenters. The van der Waals surface area contributed by atoms with E-state index in [-0.39, 0.29) is 13.0 Å². The van der Waals surface area contributed by atoms with Gasteiger partial charge in [0, 0.05) is 13.0 Å². The van der Waals surface area contributed by atoms with Gasteiger partial charge in [0.15, 0.2) is 0 Å². The van der Waals surface area contributed by atoms with Gasteiger partial charge in [0.2, 0.25) is 11.8 Å². The van der Waals surface area contributed by atoms with Gasteiger partial charge < -0.3 is 30.1 Å². The van der Waals surface area contributed by atoms with E-state index in [2.05, 4.69) is 10.6 Å². The van der Waals surface area contributed by atoms with E-state index in [0.29, 0.717) is 5.56 Å². The van der Waals surface area contributed by atoms with Crippen molar-refractivity contribution in [3.8, 4) is 0 Å². The van der Waals surface area contributed by atoms with Crippen LogP contribution in [0.15, 0.2) is 54.6 Å². The number of hydrogen-bond donors (Lipinski definition) is 3. The van der Waals surface area contributed by atoms with Crippen LogP contribution in [0.2, 0.25) is 0 Å². The number of aryl methyl sites for hydroxylation is 1. The fourth-order valence-corrected chi connectivity index (χ4v) is 4.05. The molecule has 2 aromatic carbocycles. The zero-order valence-electron chi connectivity index (χ0n) is 25.0. The lowest BCUT2D eigenvalue weighted by molar-refractivity contribution is -0.159. The normalized spacial score (nSPS) is 13.0. The van der Waals surface area contributed by atoms with Crippen LogP contribution in [-0.2, 0) is 30.3 Å². The molecule has 2 aromatic rings. The molecule has 0 bridgehead atoms. The average Bonchev–Trinajstić information content (AvgIpc) is 2.85. The van der Waals surface area contributed by atoms with Crippen molar-refractivity contribution in [1.82, 2.24) is 15.5 Å². The summed E-state index contributed by atoms with van der Waals surface area (Å²) in [6.07, 6.45) is -0.630. The highest BCUT2D eigenvalue weighted by atomic mass is 16.6. The number of carbonyl (C=O) groups excluding carboxylic acids is 4. The molecule has 2 unspecified atom stereocenters. The summed E-state index contributed by atoms with van der Waals surface area (Å²) < 4.78 is 10.8. The van der Waals surface area contributed by atoms with Crippen LogP contribution < -0.4 is 10.6 Å². The van der Waals surface area contributed by atoms with Crippen molar-refractivity contribution in [2.24, 2.45) is 0 Å². The predicted molar refractivity (Wildman–Crippen MR) is 155 cm³/mol.